The van der Waals surface area contributed by atoms with Crippen LogP contribution in [0, 0.1) is 0 Å². The van der Waals surface area contributed by atoms with Crippen molar-refractivity contribution in [3.05, 3.63) is 36.0 Å². The third-order valence-corrected chi connectivity index (χ3v) is 4.83. The monoisotopic (exact) mass is 370 g/mol. The van der Waals surface area contributed by atoms with Crippen molar-refractivity contribution >= 4 is 17.6 Å². The first-order chi connectivity index (χ1) is 13.0. The fraction of sp³-hybridized carbons (Fsp3) is 0.421. The van der Waals surface area contributed by atoms with Gasteiger partial charge >= 0.3 is 0 Å². The first kappa shape index (κ1) is 17.4. The maximum Gasteiger partial charge on any atom is 0.248 e. The van der Waals surface area contributed by atoms with Crippen molar-refractivity contribution in [3.8, 4) is 11.5 Å². The molecule has 2 aliphatic rings. The highest BCUT2D eigenvalue weighted by Crippen LogP contribution is 2.33. The Kier molecular flexibility index (Phi) is 4.47. The summed E-state index contributed by atoms with van der Waals surface area (Å²) in [5, 5.41) is 7.14. The normalized spacial score (nSPS) is 18.4. The predicted molar refractivity (Wildman–Crippen MR) is 97.4 cm³/mol. The van der Waals surface area contributed by atoms with Crippen LogP contribution in [0.5, 0.6) is 11.5 Å². The number of benzene rings is 1. The van der Waals surface area contributed by atoms with Crippen molar-refractivity contribution in [1.29, 1.82) is 0 Å². The zero-order valence-electron chi connectivity index (χ0n) is 15.3. The minimum absolute atomic E-state index is 0.0230. The van der Waals surface area contributed by atoms with Crippen LogP contribution in [0.25, 0.3) is 0 Å². The van der Waals surface area contributed by atoms with Gasteiger partial charge in [0.2, 0.25) is 18.6 Å². The summed E-state index contributed by atoms with van der Waals surface area (Å²) in [6.07, 6.45) is 2.52. The second-order valence-electron chi connectivity index (χ2n) is 7.01. The van der Waals surface area contributed by atoms with Crippen molar-refractivity contribution in [2.75, 3.05) is 12.1 Å². The van der Waals surface area contributed by atoms with E-state index in [-0.39, 0.29) is 24.6 Å². The zero-order valence-corrected chi connectivity index (χ0v) is 15.3. The lowest BCUT2D eigenvalue weighted by molar-refractivity contribution is -0.133. The second-order valence-corrected chi connectivity index (χ2v) is 7.01. The Morgan fingerprint density at radius 3 is 2.93 bits per heavy atom. The smallest absolute Gasteiger partial charge is 0.248 e. The number of amides is 2. The molecular weight excluding hydrogens is 348 g/mol. The van der Waals surface area contributed by atoms with E-state index in [2.05, 4.69) is 10.4 Å². The van der Waals surface area contributed by atoms with Crippen LogP contribution in [0.4, 0.5) is 5.82 Å². The van der Waals surface area contributed by atoms with Crippen LogP contribution in [0.1, 0.15) is 38.3 Å². The molecule has 0 saturated carbocycles. The molecule has 1 atom stereocenters. The number of rotatable bonds is 5. The number of aromatic nitrogens is 2. The minimum atomic E-state index is -0.501. The fourth-order valence-corrected chi connectivity index (χ4v) is 3.47. The SMILES string of the molecule is CC(C)n1nccc1NC(=O)C1CCC(=O)N1Cc1ccc2c(c1)OCO2. The van der Waals surface area contributed by atoms with E-state index in [0.29, 0.717) is 36.7 Å². The number of ether oxygens (including phenoxy) is 2. The summed E-state index contributed by atoms with van der Waals surface area (Å²) in [5.41, 5.74) is 0.902. The van der Waals surface area contributed by atoms with Crippen molar-refractivity contribution in [1.82, 2.24) is 14.7 Å². The molecule has 8 nitrogen and oxygen atoms in total. The molecule has 2 amide bonds. The summed E-state index contributed by atoms with van der Waals surface area (Å²) >= 11 is 0. The highest BCUT2D eigenvalue weighted by Gasteiger charge is 2.36. The molecule has 1 N–H and O–H groups in total. The van der Waals surface area contributed by atoms with E-state index in [1.54, 1.807) is 21.8 Å². The summed E-state index contributed by atoms with van der Waals surface area (Å²) < 4.78 is 12.5. The Bertz CT molecular complexity index is 876. The van der Waals surface area contributed by atoms with Gasteiger partial charge in [0, 0.05) is 25.1 Å². The van der Waals surface area contributed by atoms with Gasteiger partial charge < -0.3 is 19.7 Å². The molecule has 1 aromatic carbocycles. The average Bonchev–Trinajstić information content (AvgIpc) is 3.35. The van der Waals surface area contributed by atoms with E-state index in [4.69, 9.17) is 9.47 Å². The molecule has 4 rings (SSSR count). The molecule has 27 heavy (non-hydrogen) atoms. The number of anilines is 1. The van der Waals surface area contributed by atoms with E-state index in [9.17, 15) is 9.59 Å². The van der Waals surface area contributed by atoms with Gasteiger partial charge in [0.05, 0.1) is 6.20 Å². The summed E-state index contributed by atoms with van der Waals surface area (Å²) in [6, 6.07) is 6.97. The maximum atomic E-state index is 12.8. The Morgan fingerprint density at radius 2 is 2.11 bits per heavy atom. The van der Waals surface area contributed by atoms with Gasteiger partial charge in [-0.05, 0) is 38.0 Å². The Morgan fingerprint density at radius 1 is 1.30 bits per heavy atom. The standard InChI is InChI=1S/C19H22N4O4/c1-12(2)23-17(7-8-20-23)21-19(25)14-4-6-18(24)22(14)10-13-3-5-15-16(9-13)27-11-26-15/h3,5,7-9,12,14H,4,6,10-11H2,1-2H3,(H,21,25). The van der Waals surface area contributed by atoms with E-state index in [1.165, 1.54) is 0 Å². The molecule has 8 heteroatoms. The van der Waals surface area contributed by atoms with Crippen LogP contribution in [0.2, 0.25) is 0 Å². The van der Waals surface area contributed by atoms with Crippen LogP contribution in [-0.4, -0.2) is 39.3 Å². The third-order valence-electron chi connectivity index (χ3n) is 4.83. The van der Waals surface area contributed by atoms with Gasteiger partial charge in [0.15, 0.2) is 11.5 Å². The Labute approximate surface area is 157 Å². The molecule has 2 aromatic rings. The lowest BCUT2D eigenvalue weighted by Gasteiger charge is -2.24. The van der Waals surface area contributed by atoms with E-state index in [1.807, 2.05) is 32.0 Å². The summed E-state index contributed by atoms with van der Waals surface area (Å²) in [5.74, 6) is 1.79. The van der Waals surface area contributed by atoms with Gasteiger partial charge in [0.25, 0.3) is 0 Å². The number of carbonyl (C=O) groups is 2. The molecule has 1 unspecified atom stereocenters. The number of hydrogen-bond donors (Lipinski definition) is 1. The summed E-state index contributed by atoms with van der Waals surface area (Å²) in [4.78, 5) is 26.8. The largest absolute Gasteiger partial charge is 0.454 e. The lowest BCUT2D eigenvalue weighted by atomic mass is 10.1. The van der Waals surface area contributed by atoms with E-state index >= 15 is 0 Å². The molecular formula is C19H22N4O4. The Balaban J connectivity index is 1.49. The van der Waals surface area contributed by atoms with Crippen LogP contribution in [-0.2, 0) is 16.1 Å². The molecule has 0 radical (unpaired) electrons. The van der Waals surface area contributed by atoms with E-state index in [0.717, 1.165) is 5.56 Å². The first-order valence-corrected chi connectivity index (χ1v) is 9.05. The minimum Gasteiger partial charge on any atom is -0.454 e. The van der Waals surface area contributed by atoms with Crippen molar-refractivity contribution in [2.45, 2.75) is 45.3 Å². The van der Waals surface area contributed by atoms with Gasteiger partial charge in [-0.25, -0.2) is 4.68 Å². The van der Waals surface area contributed by atoms with Gasteiger partial charge in [0.1, 0.15) is 11.9 Å². The van der Waals surface area contributed by atoms with Crippen molar-refractivity contribution < 1.29 is 19.1 Å². The molecule has 0 spiro atoms. The number of hydrogen-bond acceptors (Lipinski definition) is 5. The molecule has 0 aliphatic carbocycles. The number of nitrogens with zero attached hydrogens (tertiary/aromatic N) is 3. The molecule has 3 heterocycles. The molecule has 2 aliphatic heterocycles. The predicted octanol–water partition coefficient (Wildman–Crippen LogP) is 2.32. The number of nitrogens with one attached hydrogen (secondary N) is 1. The molecule has 0 bridgehead atoms. The Hall–Kier alpha value is -3.03. The molecule has 142 valence electrons. The lowest BCUT2D eigenvalue weighted by Crippen LogP contribution is -2.41. The van der Waals surface area contributed by atoms with Gasteiger partial charge in [-0.2, -0.15) is 5.10 Å². The summed E-state index contributed by atoms with van der Waals surface area (Å²) in [7, 11) is 0. The zero-order chi connectivity index (χ0) is 19.0. The molecule has 1 saturated heterocycles. The van der Waals surface area contributed by atoms with Crippen LogP contribution < -0.4 is 14.8 Å². The number of carbonyl (C=O) groups excluding carboxylic acids is 2. The van der Waals surface area contributed by atoms with Gasteiger partial charge in [-0.3, -0.25) is 9.59 Å². The molecule has 1 aromatic heterocycles. The summed E-state index contributed by atoms with van der Waals surface area (Å²) in [6.45, 7) is 4.55. The second kappa shape index (κ2) is 6.94. The van der Waals surface area contributed by atoms with Crippen LogP contribution >= 0.6 is 0 Å². The topological polar surface area (TPSA) is 85.7 Å². The highest BCUT2D eigenvalue weighted by atomic mass is 16.7. The highest BCUT2D eigenvalue weighted by molar-refractivity contribution is 5.98. The number of fused-ring (bicyclic) bond motifs is 1. The first-order valence-electron chi connectivity index (χ1n) is 9.05. The van der Waals surface area contributed by atoms with E-state index < -0.39 is 6.04 Å². The van der Waals surface area contributed by atoms with Crippen LogP contribution in [0.3, 0.4) is 0 Å². The van der Waals surface area contributed by atoms with Crippen molar-refractivity contribution in [3.63, 3.8) is 0 Å². The van der Waals surface area contributed by atoms with Gasteiger partial charge in [-0.1, -0.05) is 6.07 Å². The average molecular weight is 370 g/mol. The molecule has 1 fully saturated rings. The van der Waals surface area contributed by atoms with Gasteiger partial charge in [-0.15, -0.1) is 0 Å². The van der Waals surface area contributed by atoms with Crippen molar-refractivity contribution in [2.24, 2.45) is 0 Å². The fourth-order valence-electron chi connectivity index (χ4n) is 3.47. The third kappa shape index (κ3) is 3.34. The quantitative estimate of drug-likeness (QED) is 0.873. The van der Waals surface area contributed by atoms with Crippen LogP contribution in [0.15, 0.2) is 30.5 Å². The maximum absolute atomic E-state index is 12.8. The number of likely N-dealkylation sites (tertiary alicyclic amines) is 1.